The van der Waals surface area contributed by atoms with E-state index in [-0.39, 0.29) is 29.4 Å². The number of pyridine rings is 2. The topological polar surface area (TPSA) is 111 Å². The Morgan fingerprint density at radius 3 is 2.56 bits per heavy atom. The molecule has 7 heteroatoms. The third-order valence-electron chi connectivity index (χ3n) is 3.92. The van der Waals surface area contributed by atoms with Gasteiger partial charge in [-0.3, -0.25) is 0 Å². The molecule has 0 aliphatic heterocycles. The second kappa shape index (κ2) is 7.70. The number of aromatic nitrogens is 2. The van der Waals surface area contributed by atoms with Crippen LogP contribution in [0.1, 0.15) is 29.8 Å². The van der Waals surface area contributed by atoms with Crippen molar-refractivity contribution in [3.8, 4) is 23.1 Å². The van der Waals surface area contributed by atoms with Crippen LogP contribution >= 0.6 is 0 Å². The first-order chi connectivity index (χ1) is 13.1. The van der Waals surface area contributed by atoms with E-state index in [2.05, 4.69) is 16.0 Å². The number of carbonyl (C=O) groups is 1. The first kappa shape index (κ1) is 18.1. The first-order valence-electron chi connectivity index (χ1n) is 8.50. The molecule has 0 fully saturated rings. The molecule has 1 aromatic carbocycles. The zero-order valence-electron chi connectivity index (χ0n) is 15.0. The molecule has 0 saturated carbocycles. The summed E-state index contributed by atoms with van der Waals surface area (Å²) >= 11 is 0. The number of hydrogen-bond acceptors (Lipinski definition) is 7. The fourth-order valence-corrected chi connectivity index (χ4v) is 2.80. The van der Waals surface area contributed by atoms with Crippen molar-refractivity contribution in [2.45, 2.75) is 13.8 Å². The van der Waals surface area contributed by atoms with E-state index in [0.717, 1.165) is 5.56 Å². The van der Waals surface area contributed by atoms with E-state index in [0.29, 0.717) is 23.2 Å². The molecule has 0 unspecified atom stereocenters. The normalized spacial score (nSPS) is 10.4. The van der Waals surface area contributed by atoms with Gasteiger partial charge in [-0.1, -0.05) is 30.3 Å². The van der Waals surface area contributed by atoms with Crippen LogP contribution in [0, 0.1) is 11.3 Å². The van der Waals surface area contributed by atoms with Crippen molar-refractivity contribution in [1.29, 1.82) is 5.26 Å². The molecule has 2 aromatic heterocycles. The molecule has 0 bridgehead atoms. The summed E-state index contributed by atoms with van der Waals surface area (Å²) in [5.74, 6) is -0.377. The lowest BCUT2D eigenvalue weighted by Crippen LogP contribution is -2.11. The Kier molecular flexibility index (Phi) is 5.18. The molecule has 0 atom stereocenters. The van der Waals surface area contributed by atoms with Crippen molar-refractivity contribution in [2.24, 2.45) is 0 Å². The van der Waals surface area contributed by atoms with E-state index in [1.54, 1.807) is 19.9 Å². The smallest absolute Gasteiger partial charge is 0.341 e. The Morgan fingerprint density at radius 1 is 1.19 bits per heavy atom. The van der Waals surface area contributed by atoms with Gasteiger partial charge in [0.05, 0.1) is 13.2 Å². The summed E-state index contributed by atoms with van der Waals surface area (Å²) in [7, 11) is 0. The van der Waals surface area contributed by atoms with Crippen LogP contribution in [-0.4, -0.2) is 29.2 Å². The number of anilines is 1. The van der Waals surface area contributed by atoms with Gasteiger partial charge in [-0.25, -0.2) is 9.78 Å². The van der Waals surface area contributed by atoms with E-state index in [1.807, 2.05) is 30.3 Å². The van der Waals surface area contributed by atoms with Crippen molar-refractivity contribution in [3.63, 3.8) is 0 Å². The second-order valence-corrected chi connectivity index (χ2v) is 5.59. The predicted octanol–water partition coefficient (Wildman–Crippen LogP) is 3.33. The molecule has 27 heavy (non-hydrogen) atoms. The van der Waals surface area contributed by atoms with Gasteiger partial charge in [-0.05, 0) is 25.5 Å². The minimum absolute atomic E-state index is 0.0135. The highest BCUT2D eigenvalue weighted by Crippen LogP contribution is 2.36. The summed E-state index contributed by atoms with van der Waals surface area (Å²) in [5, 5.41) is 10.3. The Bertz CT molecular complexity index is 1040. The van der Waals surface area contributed by atoms with Gasteiger partial charge in [-0.2, -0.15) is 10.2 Å². The number of nitrogens with zero attached hydrogens (tertiary/aromatic N) is 3. The van der Waals surface area contributed by atoms with Crippen molar-refractivity contribution in [3.05, 3.63) is 47.5 Å². The number of fused-ring (bicyclic) bond motifs is 1. The molecular formula is C20H18N4O3. The molecule has 7 nitrogen and oxygen atoms in total. The Balaban J connectivity index is 2.40. The number of nitrogen functional groups attached to an aromatic ring is 1. The molecule has 3 aromatic rings. The van der Waals surface area contributed by atoms with Crippen molar-refractivity contribution < 1.29 is 14.3 Å². The van der Waals surface area contributed by atoms with E-state index in [4.69, 9.17) is 15.2 Å². The van der Waals surface area contributed by atoms with Crippen LogP contribution in [0.15, 0.2) is 36.4 Å². The van der Waals surface area contributed by atoms with Crippen LogP contribution in [0.4, 0.5) is 5.82 Å². The Morgan fingerprint density at radius 2 is 1.93 bits per heavy atom. The van der Waals surface area contributed by atoms with Gasteiger partial charge >= 0.3 is 5.97 Å². The molecule has 0 amide bonds. The summed E-state index contributed by atoms with van der Waals surface area (Å²) in [6.45, 7) is 4.08. The quantitative estimate of drug-likeness (QED) is 0.693. The van der Waals surface area contributed by atoms with Crippen LogP contribution in [0.25, 0.3) is 22.2 Å². The third-order valence-corrected chi connectivity index (χ3v) is 3.92. The average molecular weight is 362 g/mol. The minimum Gasteiger partial charge on any atom is -0.477 e. The van der Waals surface area contributed by atoms with Gasteiger partial charge in [0.2, 0.25) is 5.88 Å². The van der Waals surface area contributed by atoms with E-state index < -0.39 is 5.97 Å². The lowest BCUT2D eigenvalue weighted by Gasteiger charge is -2.14. The summed E-state index contributed by atoms with van der Waals surface area (Å²) in [4.78, 5) is 20.8. The number of rotatable bonds is 5. The molecule has 0 spiro atoms. The third kappa shape index (κ3) is 3.37. The van der Waals surface area contributed by atoms with E-state index in [9.17, 15) is 10.1 Å². The average Bonchev–Trinajstić information content (AvgIpc) is 2.67. The van der Waals surface area contributed by atoms with Crippen LogP contribution in [0.5, 0.6) is 5.88 Å². The van der Waals surface area contributed by atoms with Crippen LogP contribution in [0.2, 0.25) is 0 Å². The zero-order chi connectivity index (χ0) is 19.4. The highest BCUT2D eigenvalue weighted by Gasteiger charge is 2.22. The highest BCUT2D eigenvalue weighted by atomic mass is 16.5. The summed E-state index contributed by atoms with van der Waals surface area (Å²) < 4.78 is 10.6. The zero-order valence-corrected chi connectivity index (χ0v) is 15.0. The number of ether oxygens (including phenoxy) is 2. The lowest BCUT2D eigenvalue weighted by atomic mass is 9.97. The van der Waals surface area contributed by atoms with Crippen LogP contribution in [0.3, 0.4) is 0 Å². The van der Waals surface area contributed by atoms with Gasteiger partial charge in [0.1, 0.15) is 23.0 Å². The predicted molar refractivity (Wildman–Crippen MR) is 101 cm³/mol. The maximum absolute atomic E-state index is 12.2. The number of carbonyl (C=O) groups excluding carboxylic acids is 1. The lowest BCUT2D eigenvalue weighted by molar-refractivity contribution is 0.0527. The van der Waals surface area contributed by atoms with E-state index >= 15 is 0 Å². The van der Waals surface area contributed by atoms with Crippen LogP contribution in [-0.2, 0) is 4.74 Å². The number of hydrogen-bond donors (Lipinski definition) is 1. The first-order valence-corrected chi connectivity index (χ1v) is 8.50. The van der Waals surface area contributed by atoms with Gasteiger partial charge in [-0.15, -0.1) is 0 Å². The van der Waals surface area contributed by atoms with Crippen molar-refractivity contribution in [2.75, 3.05) is 18.9 Å². The fraction of sp³-hybridized carbons (Fsp3) is 0.200. The Hall–Kier alpha value is -3.66. The maximum Gasteiger partial charge on any atom is 0.341 e. The summed E-state index contributed by atoms with van der Waals surface area (Å²) in [6.07, 6.45) is 0. The summed E-state index contributed by atoms with van der Waals surface area (Å²) in [6, 6.07) is 13.1. The van der Waals surface area contributed by atoms with Crippen LogP contribution < -0.4 is 10.5 Å². The maximum atomic E-state index is 12.2. The van der Waals surface area contributed by atoms with Gasteiger partial charge in [0.15, 0.2) is 5.65 Å². The van der Waals surface area contributed by atoms with Crippen molar-refractivity contribution in [1.82, 2.24) is 9.97 Å². The summed E-state index contributed by atoms with van der Waals surface area (Å²) in [5.41, 5.74) is 8.02. The molecule has 3 rings (SSSR count). The molecule has 2 heterocycles. The largest absolute Gasteiger partial charge is 0.477 e. The molecular weight excluding hydrogens is 344 g/mol. The Labute approximate surface area is 156 Å². The highest BCUT2D eigenvalue weighted by molar-refractivity contribution is 6.03. The van der Waals surface area contributed by atoms with E-state index in [1.165, 1.54) is 0 Å². The SMILES string of the molecule is CCOC(=O)c1cc2c(-c3ccccc3)c(C#N)c(OCC)nc2nc1N. The van der Waals surface area contributed by atoms with Gasteiger partial charge in [0.25, 0.3) is 0 Å². The minimum atomic E-state index is -0.573. The monoisotopic (exact) mass is 362 g/mol. The van der Waals surface area contributed by atoms with Gasteiger partial charge < -0.3 is 15.2 Å². The van der Waals surface area contributed by atoms with Crippen molar-refractivity contribution >= 4 is 22.8 Å². The second-order valence-electron chi connectivity index (χ2n) is 5.59. The fourth-order valence-electron chi connectivity index (χ4n) is 2.80. The number of esters is 1. The molecule has 0 aliphatic rings. The molecule has 0 radical (unpaired) electrons. The standard InChI is InChI=1S/C20H18N4O3/c1-3-26-19-15(11-21)16(12-8-6-5-7-9-12)13-10-14(20(25)27-4-2)17(22)23-18(13)24-19/h5-10H,3-4H2,1-2H3,(H2,22,23,24). The molecule has 0 saturated heterocycles. The molecule has 136 valence electrons. The number of benzene rings is 1. The number of nitriles is 1. The van der Waals surface area contributed by atoms with Gasteiger partial charge in [0, 0.05) is 10.9 Å². The molecule has 2 N–H and O–H groups in total. The number of nitrogens with two attached hydrogens (primary N) is 1. The molecule has 0 aliphatic carbocycles.